The number of anilines is 4. The summed E-state index contributed by atoms with van der Waals surface area (Å²) in [6, 6.07) is 25.3. The molecule has 0 aromatic heterocycles. The molecule has 0 heterocycles. The highest BCUT2D eigenvalue weighted by Crippen LogP contribution is 2.23. The Kier molecular flexibility index (Phi) is 33.2. The number of carboxylic acid groups (broad SMARTS) is 2. The van der Waals surface area contributed by atoms with Crippen molar-refractivity contribution in [2.75, 3.05) is 77.5 Å². The van der Waals surface area contributed by atoms with Crippen molar-refractivity contribution in [2.24, 2.45) is 0 Å². The Hall–Kier alpha value is -11.3. The van der Waals surface area contributed by atoms with Crippen LogP contribution in [0.25, 0.3) is 0 Å². The van der Waals surface area contributed by atoms with Gasteiger partial charge >= 0.3 is 41.8 Å². The maximum absolute atomic E-state index is 11.4. The molecular formula is C60H68N6O25. The number of methoxy groups -OCH3 is 5. The van der Waals surface area contributed by atoms with E-state index in [0.717, 1.165) is 37.1 Å². The number of rotatable bonds is 17. The fraction of sp³-hybridized carbons (Fsp3) is 0.250. The number of benzene rings is 6. The molecule has 6 aromatic rings. The molecule has 0 aliphatic rings. The van der Waals surface area contributed by atoms with Gasteiger partial charge in [-0.1, -0.05) is 0 Å². The Morgan fingerprint density at radius 2 is 0.692 bits per heavy atom. The molecule has 0 atom stereocenters. The van der Waals surface area contributed by atoms with Crippen molar-refractivity contribution in [2.45, 2.75) is 46.9 Å². The first-order valence-electron chi connectivity index (χ1n) is 25.8. The van der Waals surface area contributed by atoms with Crippen LogP contribution in [0.5, 0.6) is 0 Å². The second-order valence-corrected chi connectivity index (χ2v) is 18.1. The zero-order valence-electron chi connectivity index (χ0n) is 50.8. The van der Waals surface area contributed by atoms with E-state index in [2.05, 4.69) is 29.0 Å². The van der Waals surface area contributed by atoms with Gasteiger partial charge in [0, 0.05) is 82.0 Å². The number of hydrogen-bond acceptors (Lipinski definition) is 25. The van der Waals surface area contributed by atoms with Crippen LogP contribution in [-0.2, 0) is 66.3 Å². The number of aliphatic hydroxyl groups is 5. The second-order valence-electron chi connectivity index (χ2n) is 18.1. The zero-order chi connectivity index (χ0) is 69.4. The highest BCUT2D eigenvalue weighted by Gasteiger charge is 2.19. The number of amides is 2. The summed E-state index contributed by atoms with van der Waals surface area (Å²) >= 11 is 0. The third-order valence-electron chi connectivity index (χ3n) is 11.8. The zero-order valence-corrected chi connectivity index (χ0v) is 50.8. The second kappa shape index (κ2) is 38.8. The van der Waals surface area contributed by atoms with E-state index in [1.165, 1.54) is 88.5 Å². The van der Waals surface area contributed by atoms with E-state index in [1.54, 1.807) is 69.7 Å². The van der Waals surface area contributed by atoms with Gasteiger partial charge in [-0.05, 0) is 113 Å². The molecular weight excluding hydrogens is 1200 g/mol. The fourth-order valence-corrected chi connectivity index (χ4v) is 7.03. The molecule has 6 rings (SSSR count). The normalized spacial score (nSPS) is 9.75. The summed E-state index contributed by atoms with van der Waals surface area (Å²) in [5.41, 5.74) is 10.3. The minimum Gasteiger partial charge on any atom is -0.478 e. The molecule has 31 nitrogen and oxygen atoms in total. The van der Waals surface area contributed by atoms with Crippen LogP contribution < -0.4 is 20.9 Å². The molecule has 0 bridgehead atoms. The van der Waals surface area contributed by atoms with Crippen LogP contribution in [0, 0.1) is 20.2 Å². The molecule has 0 fully saturated rings. The van der Waals surface area contributed by atoms with E-state index in [0.29, 0.717) is 61.6 Å². The predicted molar refractivity (Wildman–Crippen MR) is 324 cm³/mol. The Labute approximate surface area is 519 Å². The van der Waals surface area contributed by atoms with Crippen molar-refractivity contribution in [3.8, 4) is 0 Å². The Morgan fingerprint density at radius 3 is 1.03 bits per heavy atom. The summed E-state index contributed by atoms with van der Waals surface area (Å²) in [5, 5.41) is 86.2. The number of nitrogens with zero attached hydrogens (tertiary/aromatic N) is 4. The number of non-ortho nitro benzene ring substituents is 2. The molecule has 488 valence electrons. The number of ether oxygens (including phenoxy) is 5. The molecule has 6 aromatic carbocycles. The lowest BCUT2D eigenvalue weighted by atomic mass is 10.1. The number of nitrogens with two attached hydrogens (primary N) is 1. The molecule has 10 N–H and O–H groups in total. The number of esters is 5. The molecule has 91 heavy (non-hydrogen) atoms. The van der Waals surface area contributed by atoms with E-state index in [4.69, 9.17) is 41.5 Å². The lowest BCUT2D eigenvalue weighted by Gasteiger charge is -2.16. The fourth-order valence-electron chi connectivity index (χ4n) is 7.03. The number of carbonyl (C=O) groups is 9. The SMILES string of the molecule is CC(=O)N(C)c1cc(CO)cc(C(=O)O)c1.CNc1cc(CO)cc(C(=O)OC)c1.COC(=O)c1cc(C(=O)O)cc([N+](=O)[O-])c1.COC(=O)c1cc(CO)cc(N(C)C(C)=O)c1.COC(=O)c1cc(CO)cc([N+](=O)[O-])c1.COC(=O)c1cc(N)cc(CO)c1. The molecule has 31 heteroatoms. The number of nitro groups is 2. The maximum Gasteiger partial charge on any atom is 0.338 e. The van der Waals surface area contributed by atoms with Crippen molar-refractivity contribution in [1.29, 1.82) is 0 Å². The van der Waals surface area contributed by atoms with E-state index >= 15 is 0 Å². The van der Waals surface area contributed by atoms with Gasteiger partial charge in [0.15, 0.2) is 0 Å². The third-order valence-corrected chi connectivity index (χ3v) is 11.8. The van der Waals surface area contributed by atoms with E-state index in [-0.39, 0.29) is 72.8 Å². The van der Waals surface area contributed by atoms with Gasteiger partial charge in [-0.25, -0.2) is 33.6 Å². The number of hydrogen-bond donors (Lipinski definition) is 9. The summed E-state index contributed by atoms with van der Waals surface area (Å²) in [7, 11) is 11.1. The topological polar surface area (TPSA) is 472 Å². The van der Waals surface area contributed by atoms with Gasteiger partial charge in [0.2, 0.25) is 11.8 Å². The van der Waals surface area contributed by atoms with Crippen molar-refractivity contribution >= 4 is 87.7 Å². The van der Waals surface area contributed by atoms with Gasteiger partial charge in [0.1, 0.15) is 0 Å². The lowest BCUT2D eigenvalue weighted by Crippen LogP contribution is -2.23. The molecule has 2 amide bonds. The monoisotopic (exact) mass is 1270 g/mol. The van der Waals surface area contributed by atoms with Crippen LogP contribution >= 0.6 is 0 Å². The minimum absolute atomic E-state index is 0.0506. The van der Waals surface area contributed by atoms with Crippen LogP contribution in [0.15, 0.2) is 109 Å². The van der Waals surface area contributed by atoms with Crippen molar-refractivity contribution in [3.05, 3.63) is 196 Å². The first-order valence-corrected chi connectivity index (χ1v) is 25.8. The van der Waals surface area contributed by atoms with Gasteiger partial charge < -0.3 is 80.3 Å². The minimum atomic E-state index is -1.35. The number of nitro benzene ring substituents is 2. The third kappa shape index (κ3) is 25.5. The largest absolute Gasteiger partial charge is 0.478 e. The van der Waals surface area contributed by atoms with E-state index in [1.807, 2.05) is 0 Å². The van der Waals surface area contributed by atoms with Crippen LogP contribution in [0.2, 0.25) is 0 Å². The lowest BCUT2D eigenvalue weighted by molar-refractivity contribution is -0.385. The van der Waals surface area contributed by atoms with Gasteiger partial charge in [-0.2, -0.15) is 0 Å². The number of nitrogens with one attached hydrogen (secondary N) is 1. The van der Waals surface area contributed by atoms with Crippen molar-refractivity contribution in [1.82, 2.24) is 0 Å². The Morgan fingerprint density at radius 1 is 0.418 bits per heavy atom. The number of aliphatic hydroxyl groups excluding tert-OH is 5. The molecule has 0 aliphatic heterocycles. The standard InChI is InChI=1S/C12H15NO4.C11H13NO4.C10H13NO3.C9H7NO6.C9H9NO5.C9H11NO3/c1-8(15)13(2)11-5-9(7-14)4-10(6-11)12(16)17-3;1-7(14)12(2)10-4-8(6-13)3-9(5-10)11(15)16;1-11-9-4-7(6-12)3-8(5-9)10(13)14-2;1-16-9(13)6-2-5(8(11)12)3-7(4-6)10(14)15;1-15-9(12)7-2-6(5-11)3-8(4-7)10(13)14;1-13-9(12)7-2-6(5-11)3-8(10)4-7/h4-6,14H,7H2,1-3H3;3-5,13H,6H2,1-2H3,(H,15,16);3-5,11-12H,6H2,1-2H3;2-4H,1H3,(H,11,12);2-4,11H,5H2,1H3;2-4,11H,5,10H2,1H3. The highest BCUT2D eigenvalue weighted by atomic mass is 16.6. The van der Waals surface area contributed by atoms with Crippen LogP contribution in [0.1, 0.15) is 114 Å². The summed E-state index contributed by atoms with van der Waals surface area (Å²) in [5.74, 6) is -5.67. The van der Waals surface area contributed by atoms with Crippen molar-refractivity contribution in [3.63, 3.8) is 0 Å². The molecule has 0 saturated carbocycles. The average molecular weight is 1270 g/mol. The van der Waals surface area contributed by atoms with Crippen molar-refractivity contribution < 1.29 is 112 Å². The first kappa shape index (κ1) is 77.8. The van der Waals surface area contributed by atoms with Gasteiger partial charge in [0.25, 0.3) is 11.4 Å². The van der Waals surface area contributed by atoms with Crippen LogP contribution in [0.4, 0.5) is 34.1 Å². The number of nitrogen functional groups attached to an aromatic ring is 1. The summed E-state index contributed by atoms with van der Waals surface area (Å²) in [6.45, 7) is 1.72. The van der Waals surface area contributed by atoms with Gasteiger partial charge in [0.05, 0.1) is 117 Å². The molecule has 0 unspecified atom stereocenters. The van der Waals surface area contributed by atoms with E-state index in [9.17, 15) is 63.4 Å². The summed E-state index contributed by atoms with van der Waals surface area (Å²) in [4.78, 5) is 122. The Bertz CT molecular complexity index is 3540. The molecule has 0 spiro atoms. The van der Waals surface area contributed by atoms with Crippen LogP contribution in [-0.4, -0.2) is 156 Å². The smallest absolute Gasteiger partial charge is 0.338 e. The maximum atomic E-state index is 11.4. The molecule has 0 saturated heterocycles. The van der Waals surface area contributed by atoms with Gasteiger partial charge in [-0.15, -0.1) is 0 Å². The number of carbonyl (C=O) groups excluding carboxylic acids is 7. The van der Waals surface area contributed by atoms with Gasteiger partial charge in [-0.3, -0.25) is 29.8 Å². The number of carboxylic acids is 2. The summed E-state index contributed by atoms with van der Waals surface area (Å²) in [6.07, 6.45) is 0. The quantitative estimate of drug-likeness (QED) is 0.0183. The Balaban J connectivity index is 0.000000547. The number of aromatic carboxylic acids is 2. The average Bonchev–Trinajstić information content (AvgIpc) is 1.98. The molecule has 0 aliphatic carbocycles. The predicted octanol–water partition coefficient (Wildman–Crippen LogP) is 5.32. The summed E-state index contributed by atoms with van der Waals surface area (Å²) < 4.78 is 22.5. The molecule has 0 radical (unpaired) electrons. The first-order chi connectivity index (χ1) is 42.8. The van der Waals surface area contributed by atoms with E-state index < -0.39 is 57.3 Å². The highest BCUT2D eigenvalue weighted by molar-refractivity contribution is 5.97. The van der Waals surface area contributed by atoms with Crippen LogP contribution in [0.3, 0.4) is 0 Å².